The molecule has 0 saturated heterocycles. The molecular formula is C16H14N4OS. The zero-order chi connectivity index (χ0) is 14.9. The summed E-state index contributed by atoms with van der Waals surface area (Å²) in [6, 6.07) is 11.5. The van der Waals surface area contributed by atoms with Crippen LogP contribution in [-0.4, -0.2) is 21.1 Å². The van der Waals surface area contributed by atoms with Crippen LogP contribution in [0.25, 0.3) is 11.0 Å². The van der Waals surface area contributed by atoms with E-state index in [9.17, 15) is 4.79 Å². The van der Waals surface area contributed by atoms with Gasteiger partial charge in [0, 0.05) is 4.88 Å². The second-order valence-corrected chi connectivity index (χ2v) is 6.41. The van der Waals surface area contributed by atoms with E-state index in [4.69, 9.17) is 0 Å². The molecule has 1 atom stereocenters. The lowest BCUT2D eigenvalue weighted by atomic mass is 10.1. The number of rotatable bonds is 4. The predicted molar refractivity (Wildman–Crippen MR) is 84.6 cm³/mol. The Bertz CT molecular complexity index is 814. The lowest BCUT2D eigenvalue weighted by Crippen LogP contribution is -2.31. The summed E-state index contributed by atoms with van der Waals surface area (Å²) in [5, 5.41) is 13.1. The molecule has 1 fully saturated rings. The number of amides is 1. The number of benzene rings is 1. The molecular weight excluding hydrogens is 296 g/mol. The van der Waals surface area contributed by atoms with Crippen molar-refractivity contribution in [2.45, 2.75) is 18.9 Å². The van der Waals surface area contributed by atoms with Crippen LogP contribution in [0.15, 0.2) is 41.8 Å². The molecule has 1 unspecified atom stereocenters. The van der Waals surface area contributed by atoms with Crippen LogP contribution in [0.2, 0.25) is 0 Å². The summed E-state index contributed by atoms with van der Waals surface area (Å²) in [5.41, 5.74) is 1.37. The molecule has 0 spiro atoms. The molecule has 0 radical (unpaired) electrons. The van der Waals surface area contributed by atoms with Crippen LogP contribution in [-0.2, 0) is 0 Å². The molecule has 0 aliphatic heterocycles. The topological polar surface area (TPSA) is 67.8 Å². The second-order valence-electron chi connectivity index (χ2n) is 5.43. The van der Waals surface area contributed by atoms with Crippen molar-refractivity contribution in [1.29, 1.82) is 0 Å². The number of carbonyl (C=O) groups excluding carboxylic acids is 1. The highest BCUT2D eigenvalue weighted by Crippen LogP contribution is 2.42. The fourth-order valence-electron chi connectivity index (χ4n) is 2.50. The number of para-hydroxylation sites is 1. The van der Waals surface area contributed by atoms with Gasteiger partial charge in [-0.1, -0.05) is 18.2 Å². The third-order valence-corrected chi connectivity index (χ3v) is 4.75. The van der Waals surface area contributed by atoms with Gasteiger partial charge in [0.15, 0.2) is 0 Å². The molecule has 0 bridgehead atoms. The summed E-state index contributed by atoms with van der Waals surface area (Å²) < 4.78 is 0. The SMILES string of the molecule is O=C(NC(c1cccs1)C1CC1)c1nnc2ccccc2n1. The number of carbonyl (C=O) groups is 1. The van der Waals surface area contributed by atoms with Crippen molar-refractivity contribution in [1.82, 2.24) is 20.5 Å². The van der Waals surface area contributed by atoms with Gasteiger partial charge in [-0.2, -0.15) is 0 Å². The second kappa shape index (κ2) is 5.46. The molecule has 110 valence electrons. The van der Waals surface area contributed by atoms with Gasteiger partial charge in [0.2, 0.25) is 5.82 Å². The highest BCUT2D eigenvalue weighted by molar-refractivity contribution is 7.10. The van der Waals surface area contributed by atoms with Crippen LogP contribution in [0, 0.1) is 5.92 Å². The van der Waals surface area contributed by atoms with E-state index >= 15 is 0 Å². The molecule has 1 N–H and O–H groups in total. The average Bonchev–Trinajstić information content (AvgIpc) is 3.26. The fourth-order valence-corrected chi connectivity index (χ4v) is 3.37. The van der Waals surface area contributed by atoms with Crippen molar-refractivity contribution < 1.29 is 4.79 Å². The van der Waals surface area contributed by atoms with E-state index in [1.165, 1.54) is 4.88 Å². The molecule has 1 amide bonds. The number of aromatic nitrogens is 3. The van der Waals surface area contributed by atoms with E-state index in [2.05, 4.69) is 26.6 Å². The molecule has 1 aliphatic rings. The Kier molecular flexibility index (Phi) is 3.31. The predicted octanol–water partition coefficient (Wildman–Crippen LogP) is 2.97. The summed E-state index contributed by atoms with van der Waals surface area (Å²) in [6.07, 6.45) is 2.30. The van der Waals surface area contributed by atoms with E-state index in [1.807, 2.05) is 35.7 Å². The quantitative estimate of drug-likeness (QED) is 0.804. The number of nitrogens with zero attached hydrogens (tertiary/aromatic N) is 3. The van der Waals surface area contributed by atoms with Crippen molar-refractivity contribution in [3.05, 3.63) is 52.5 Å². The van der Waals surface area contributed by atoms with Gasteiger partial charge in [0.1, 0.15) is 5.52 Å². The smallest absolute Gasteiger partial charge is 0.291 e. The molecule has 1 saturated carbocycles. The Morgan fingerprint density at radius 3 is 2.68 bits per heavy atom. The molecule has 6 heteroatoms. The van der Waals surface area contributed by atoms with Crippen LogP contribution in [0.1, 0.15) is 34.4 Å². The summed E-state index contributed by atoms with van der Waals surface area (Å²) in [7, 11) is 0. The van der Waals surface area contributed by atoms with Crippen molar-refractivity contribution in [3.8, 4) is 0 Å². The number of hydrogen-bond donors (Lipinski definition) is 1. The Morgan fingerprint density at radius 1 is 1.14 bits per heavy atom. The van der Waals surface area contributed by atoms with Gasteiger partial charge in [-0.3, -0.25) is 4.79 Å². The van der Waals surface area contributed by atoms with Crippen molar-refractivity contribution in [2.24, 2.45) is 5.92 Å². The fraction of sp³-hybridized carbons (Fsp3) is 0.250. The zero-order valence-corrected chi connectivity index (χ0v) is 12.6. The summed E-state index contributed by atoms with van der Waals surface area (Å²) in [6.45, 7) is 0. The van der Waals surface area contributed by atoms with E-state index in [0.717, 1.165) is 12.8 Å². The normalized spacial score (nSPS) is 15.6. The molecule has 5 nitrogen and oxygen atoms in total. The van der Waals surface area contributed by atoms with Gasteiger partial charge in [0.25, 0.3) is 5.91 Å². The maximum atomic E-state index is 12.5. The van der Waals surface area contributed by atoms with Gasteiger partial charge in [0.05, 0.1) is 11.6 Å². The Labute approximate surface area is 131 Å². The van der Waals surface area contributed by atoms with E-state index in [0.29, 0.717) is 17.0 Å². The van der Waals surface area contributed by atoms with E-state index < -0.39 is 0 Å². The summed E-state index contributed by atoms with van der Waals surface area (Å²) in [4.78, 5) is 17.9. The summed E-state index contributed by atoms with van der Waals surface area (Å²) in [5.74, 6) is 0.389. The van der Waals surface area contributed by atoms with Crippen molar-refractivity contribution in [2.75, 3.05) is 0 Å². The van der Waals surface area contributed by atoms with Gasteiger partial charge in [-0.25, -0.2) is 4.98 Å². The molecule has 1 aromatic carbocycles. The maximum absolute atomic E-state index is 12.5. The first-order valence-corrected chi connectivity index (χ1v) is 8.13. The zero-order valence-electron chi connectivity index (χ0n) is 11.8. The molecule has 2 aromatic heterocycles. The van der Waals surface area contributed by atoms with Gasteiger partial charge >= 0.3 is 0 Å². The van der Waals surface area contributed by atoms with Crippen LogP contribution < -0.4 is 5.32 Å². The largest absolute Gasteiger partial charge is 0.341 e. The standard InChI is InChI=1S/C16H14N4OS/c21-16(15-17-11-4-1-2-5-12(11)19-20-15)18-14(10-7-8-10)13-6-3-9-22-13/h1-6,9-10,14H,7-8H2,(H,18,21). The highest BCUT2D eigenvalue weighted by atomic mass is 32.1. The first-order valence-electron chi connectivity index (χ1n) is 7.25. The van der Waals surface area contributed by atoms with Crippen LogP contribution in [0.4, 0.5) is 0 Å². The van der Waals surface area contributed by atoms with Gasteiger partial charge in [-0.05, 0) is 42.3 Å². The Morgan fingerprint density at radius 2 is 1.95 bits per heavy atom. The van der Waals surface area contributed by atoms with Crippen molar-refractivity contribution in [3.63, 3.8) is 0 Å². The molecule has 3 aromatic rings. The number of hydrogen-bond acceptors (Lipinski definition) is 5. The minimum atomic E-state index is -0.261. The summed E-state index contributed by atoms with van der Waals surface area (Å²) >= 11 is 1.67. The van der Waals surface area contributed by atoms with Gasteiger partial charge in [-0.15, -0.1) is 21.5 Å². The molecule has 22 heavy (non-hydrogen) atoms. The number of fused-ring (bicyclic) bond motifs is 1. The third kappa shape index (κ3) is 2.57. The Hall–Kier alpha value is -2.34. The highest BCUT2D eigenvalue weighted by Gasteiger charge is 2.34. The molecule has 1 aliphatic carbocycles. The number of thiophene rings is 1. The van der Waals surface area contributed by atoms with Gasteiger partial charge < -0.3 is 5.32 Å². The van der Waals surface area contributed by atoms with Crippen LogP contribution >= 0.6 is 11.3 Å². The first-order chi connectivity index (χ1) is 10.8. The van der Waals surface area contributed by atoms with E-state index in [-0.39, 0.29) is 17.8 Å². The number of nitrogens with one attached hydrogen (secondary N) is 1. The average molecular weight is 310 g/mol. The minimum absolute atomic E-state index is 0.0579. The monoisotopic (exact) mass is 310 g/mol. The van der Waals surface area contributed by atoms with E-state index in [1.54, 1.807) is 11.3 Å². The molecule has 2 heterocycles. The van der Waals surface area contributed by atoms with Crippen LogP contribution in [0.3, 0.4) is 0 Å². The maximum Gasteiger partial charge on any atom is 0.291 e. The third-order valence-electron chi connectivity index (χ3n) is 3.79. The minimum Gasteiger partial charge on any atom is -0.341 e. The lowest BCUT2D eigenvalue weighted by Gasteiger charge is -2.16. The first kappa shape index (κ1) is 13.3. The molecule has 4 rings (SSSR count). The lowest BCUT2D eigenvalue weighted by molar-refractivity contribution is 0.0921. The van der Waals surface area contributed by atoms with Crippen LogP contribution in [0.5, 0.6) is 0 Å². The Balaban J connectivity index is 1.59. The van der Waals surface area contributed by atoms with Crippen molar-refractivity contribution >= 4 is 28.3 Å².